The van der Waals surface area contributed by atoms with Gasteiger partial charge < -0.3 is 15.2 Å². The molecule has 134 valence electrons. The summed E-state index contributed by atoms with van der Waals surface area (Å²) >= 11 is 0. The van der Waals surface area contributed by atoms with Crippen molar-refractivity contribution in [1.29, 1.82) is 0 Å². The molecule has 3 rings (SSSR count). The van der Waals surface area contributed by atoms with E-state index in [0.717, 1.165) is 45.4 Å². The van der Waals surface area contributed by atoms with Gasteiger partial charge >= 0.3 is 0 Å². The minimum Gasteiger partial charge on any atom is -0.396 e. The zero-order chi connectivity index (χ0) is 17.4. The Kier molecular flexibility index (Phi) is 6.62. The van der Waals surface area contributed by atoms with Gasteiger partial charge in [-0.1, -0.05) is 60.7 Å². The van der Waals surface area contributed by atoms with Gasteiger partial charge in [-0.25, -0.2) is 0 Å². The molecule has 3 nitrogen and oxygen atoms in total. The lowest BCUT2D eigenvalue weighted by molar-refractivity contribution is -0.0166. The fraction of sp³-hybridized carbons (Fsp3) is 0.455. The van der Waals surface area contributed by atoms with E-state index >= 15 is 0 Å². The van der Waals surface area contributed by atoms with E-state index in [4.69, 9.17) is 4.74 Å². The number of benzene rings is 2. The second-order valence-corrected chi connectivity index (χ2v) is 7.14. The van der Waals surface area contributed by atoms with Crippen molar-refractivity contribution in [2.75, 3.05) is 26.4 Å². The SMILES string of the molecule is OCC1(CNC(CCc2ccccc2)c2ccccc2)CCOCC1. The first-order valence-corrected chi connectivity index (χ1v) is 9.32. The topological polar surface area (TPSA) is 41.5 Å². The lowest BCUT2D eigenvalue weighted by Gasteiger charge is -2.37. The van der Waals surface area contributed by atoms with Crippen molar-refractivity contribution in [3.8, 4) is 0 Å². The Morgan fingerprint density at radius 2 is 1.60 bits per heavy atom. The van der Waals surface area contributed by atoms with Gasteiger partial charge in [0, 0.05) is 31.2 Å². The molecule has 2 N–H and O–H groups in total. The number of nitrogens with one attached hydrogen (secondary N) is 1. The second-order valence-electron chi connectivity index (χ2n) is 7.14. The number of rotatable bonds is 8. The predicted molar refractivity (Wildman–Crippen MR) is 102 cm³/mol. The largest absolute Gasteiger partial charge is 0.396 e. The van der Waals surface area contributed by atoms with E-state index in [0.29, 0.717) is 6.04 Å². The van der Waals surface area contributed by atoms with Gasteiger partial charge in [0.05, 0.1) is 6.61 Å². The molecule has 25 heavy (non-hydrogen) atoms. The predicted octanol–water partition coefficient (Wildman–Crippen LogP) is 3.74. The number of hydrogen-bond donors (Lipinski definition) is 2. The molecular weight excluding hydrogens is 310 g/mol. The molecule has 2 aromatic carbocycles. The van der Waals surface area contributed by atoms with Crippen molar-refractivity contribution in [1.82, 2.24) is 5.32 Å². The highest BCUT2D eigenvalue weighted by molar-refractivity contribution is 5.20. The number of ether oxygens (including phenoxy) is 1. The van der Waals surface area contributed by atoms with E-state index in [-0.39, 0.29) is 12.0 Å². The standard InChI is InChI=1S/C22H29NO2/c24-18-22(13-15-25-16-14-22)17-23-21(20-9-5-2-6-10-20)12-11-19-7-3-1-4-8-19/h1-10,21,23-24H,11-18H2. The third-order valence-corrected chi connectivity index (χ3v) is 5.38. The normalized spacial score (nSPS) is 18.0. The van der Waals surface area contributed by atoms with Gasteiger partial charge in [0.2, 0.25) is 0 Å². The molecule has 1 unspecified atom stereocenters. The van der Waals surface area contributed by atoms with Crippen molar-refractivity contribution >= 4 is 0 Å². The van der Waals surface area contributed by atoms with Crippen LogP contribution in [-0.2, 0) is 11.2 Å². The van der Waals surface area contributed by atoms with Crippen molar-refractivity contribution in [2.45, 2.75) is 31.7 Å². The van der Waals surface area contributed by atoms with E-state index in [1.165, 1.54) is 11.1 Å². The maximum atomic E-state index is 9.94. The van der Waals surface area contributed by atoms with Gasteiger partial charge in [-0.2, -0.15) is 0 Å². The summed E-state index contributed by atoms with van der Waals surface area (Å²) in [7, 11) is 0. The Hall–Kier alpha value is -1.68. The van der Waals surface area contributed by atoms with Crippen LogP contribution in [0.5, 0.6) is 0 Å². The van der Waals surface area contributed by atoms with Gasteiger partial charge in [-0.05, 0) is 36.8 Å². The van der Waals surface area contributed by atoms with Gasteiger partial charge in [0.1, 0.15) is 0 Å². The first-order valence-electron chi connectivity index (χ1n) is 9.32. The number of aliphatic hydroxyl groups excluding tert-OH is 1. The van der Waals surface area contributed by atoms with Crippen LogP contribution >= 0.6 is 0 Å². The summed E-state index contributed by atoms with van der Waals surface area (Å²) in [4.78, 5) is 0. The zero-order valence-electron chi connectivity index (χ0n) is 14.9. The molecule has 0 amide bonds. The molecule has 1 fully saturated rings. The molecule has 0 saturated carbocycles. The maximum Gasteiger partial charge on any atom is 0.0501 e. The summed E-state index contributed by atoms with van der Waals surface area (Å²) in [5, 5.41) is 13.7. The number of aryl methyl sites for hydroxylation is 1. The molecule has 0 aromatic heterocycles. The highest BCUT2D eigenvalue weighted by atomic mass is 16.5. The van der Waals surface area contributed by atoms with Crippen molar-refractivity contribution < 1.29 is 9.84 Å². The van der Waals surface area contributed by atoms with Gasteiger partial charge in [-0.15, -0.1) is 0 Å². The van der Waals surface area contributed by atoms with Crippen LogP contribution in [-0.4, -0.2) is 31.5 Å². The average molecular weight is 339 g/mol. The third-order valence-electron chi connectivity index (χ3n) is 5.38. The van der Waals surface area contributed by atoms with Crippen molar-refractivity contribution in [2.24, 2.45) is 5.41 Å². The summed E-state index contributed by atoms with van der Waals surface area (Å²) in [6.45, 7) is 2.56. The molecule has 1 heterocycles. The van der Waals surface area contributed by atoms with E-state index in [2.05, 4.69) is 66.0 Å². The van der Waals surface area contributed by atoms with E-state index in [1.54, 1.807) is 0 Å². The lowest BCUT2D eigenvalue weighted by atomic mass is 9.80. The Morgan fingerprint density at radius 1 is 0.960 bits per heavy atom. The van der Waals surface area contributed by atoms with E-state index in [9.17, 15) is 5.11 Å². The van der Waals surface area contributed by atoms with Gasteiger partial charge in [0.15, 0.2) is 0 Å². The van der Waals surface area contributed by atoms with Crippen LogP contribution in [0.25, 0.3) is 0 Å². The van der Waals surface area contributed by atoms with Crippen LogP contribution in [0, 0.1) is 5.41 Å². The lowest BCUT2D eigenvalue weighted by Crippen LogP contribution is -2.43. The summed E-state index contributed by atoms with van der Waals surface area (Å²) in [5.74, 6) is 0. The van der Waals surface area contributed by atoms with Crippen molar-refractivity contribution in [3.05, 3.63) is 71.8 Å². The molecule has 0 aliphatic carbocycles. The van der Waals surface area contributed by atoms with Gasteiger partial charge in [-0.3, -0.25) is 0 Å². The molecule has 0 spiro atoms. The molecule has 1 atom stereocenters. The van der Waals surface area contributed by atoms with Crippen LogP contribution < -0.4 is 5.32 Å². The number of aliphatic hydroxyl groups is 1. The van der Waals surface area contributed by atoms with Crippen LogP contribution in [0.1, 0.15) is 36.4 Å². The summed E-state index contributed by atoms with van der Waals surface area (Å²) < 4.78 is 5.48. The molecule has 1 saturated heterocycles. The highest BCUT2D eigenvalue weighted by Gasteiger charge is 2.32. The molecule has 3 heteroatoms. The Morgan fingerprint density at radius 3 is 2.24 bits per heavy atom. The van der Waals surface area contributed by atoms with E-state index < -0.39 is 0 Å². The van der Waals surface area contributed by atoms with E-state index in [1.807, 2.05) is 0 Å². The molecule has 0 bridgehead atoms. The first kappa shape index (κ1) is 18.1. The van der Waals surface area contributed by atoms with Crippen LogP contribution in [0.4, 0.5) is 0 Å². The third kappa shape index (κ3) is 5.15. The van der Waals surface area contributed by atoms with Crippen LogP contribution in [0.3, 0.4) is 0 Å². The highest BCUT2D eigenvalue weighted by Crippen LogP contribution is 2.30. The minimum absolute atomic E-state index is 0.0436. The second kappa shape index (κ2) is 9.14. The average Bonchev–Trinajstić information content (AvgIpc) is 2.70. The smallest absolute Gasteiger partial charge is 0.0501 e. The molecule has 1 aliphatic rings. The number of hydrogen-bond acceptors (Lipinski definition) is 3. The van der Waals surface area contributed by atoms with Crippen LogP contribution in [0.15, 0.2) is 60.7 Å². The summed E-state index contributed by atoms with van der Waals surface area (Å²) in [6.07, 6.45) is 3.95. The molecular formula is C22H29NO2. The Balaban J connectivity index is 1.66. The summed E-state index contributed by atoms with van der Waals surface area (Å²) in [5.41, 5.74) is 2.64. The minimum atomic E-state index is -0.0436. The van der Waals surface area contributed by atoms with Crippen molar-refractivity contribution in [3.63, 3.8) is 0 Å². The fourth-order valence-electron chi connectivity index (χ4n) is 3.56. The first-order chi connectivity index (χ1) is 12.3. The quantitative estimate of drug-likeness (QED) is 0.770. The molecule has 1 aliphatic heterocycles. The molecule has 0 radical (unpaired) electrons. The van der Waals surface area contributed by atoms with Gasteiger partial charge in [0.25, 0.3) is 0 Å². The summed E-state index contributed by atoms with van der Waals surface area (Å²) in [6, 6.07) is 21.6. The molecule has 2 aromatic rings. The monoisotopic (exact) mass is 339 g/mol. The fourth-order valence-corrected chi connectivity index (χ4v) is 3.56. The Labute approximate surface area is 151 Å². The van der Waals surface area contributed by atoms with Crippen LogP contribution in [0.2, 0.25) is 0 Å². The Bertz CT molecular complexity index is 608. The maximum absolute atomic E-state index is 9.94. The zero-order valence-corrected chi connectivity index (χ0v) is 14.9.